The van der Waals surface area contributed by atoms with Crippen LogP contribution in [-0.4, -0.2) is 34.2 Å². The summed E-state index contributed by atoms with van der Waals surface area (Å²) in [5, 5.41) is 13.9. The quantitative estimate of drug-likeness (QED) is 0.809. The average Bonchev–Trinajstić information content (AvgIpc) is 3.28. The lowest BCUT2D eigenvalue weighted by molar-refractivity contribution is 0.0811. The molecule has 5 nitrogen and oxygen atoms in total. The fourth-order valence-corrected chi connectivity index (χ4v) is 2.75. The number of hydrogen-bond donors (Lipinski definition) is 0. The Morgan fingerprint density at radius 3 is 2.87 bits per heavy atom. The van der Waals surface area contributed by atoms with Crippen LogP contribution in [0.1, 0.15) is 40.4 Å². The fraction of sp³-hybridized carbons (Fsp3) is 0.353. The van der Waals surface area contributed by atoms with Gasteiger partial charge in [0.05, 0.1) is 29.2 Å². The Morgan fingerprint density at radius 1 is 1.52 bits per heavy atom. The van der Waals surface area contributed by atoms with Gasteiger partial charge >= 0.3 is 0 Å². The Bertz CT molecular complexity index is 801. The fourth-order valence-electron chi connectivity index (χ4n) is 2.58. The van der Waals surface area contributed by atoms with Gasteiger partial charge in [0.2, 0.25) is 0 Å². The predicted octanol–water partition coefficient (Wildman–Crippen LogP) is 3.31. The molecule has 1 amide bonds. The molecule has 1 aliphatic carbocycles. The molecule has 118 valence electrons. The second-order valence-corrected chi connectivity index (χ2v) is 6.29. The first kappa shape index (κ1) is 15.6. The molecule has 0 spiro atoms. The summed E-state index contributed by atoms with van der Waals surface area (Å²) >= 11 is 6.22. The van der Waals surface area contributed by atoms with Gasteiger partial charge in [-0.3, -0.25) is 4.79 Å². The van der Waals surface area contributed by atoms with Crippen molar-refractivity contribution in [2.45, 2.75) is 25.7 Å². The van der Waals surface area contributed by atoms with Crippen molar-refractivity contribution in [3.63, 3.8) is 0 Å². The minimum atomic E-state index is -0.169. The van der Waals surface area contributed by atoms with Crippen LogP contribution in [0.3, 0.4) is 0 Å². The van der Waals surface area contributed by atoms with Gasteiger partial charge in [-0.05, 0) is 37.5 Å². The van der Waals surface area contributed by atoms with E-state index in [4.69, 9.17) is 16.9 Å². The first-order valence-corrected chi connectivity index (χ1v) is 7.87. The van der Waals surface area contributed by atoms with Gasteiger partial charge in [0.25, 0.3) is 5.91 Å². The minimum absolute atomic E-state index is 0.0600. The second-order valence-electron chi connectivity index (χ2n) is 5.88. The van der Waals surface area contributed by atoms with E-state index in [1.54, 1.807) is 17.9 Å². The highest BCUT2D eigenvalue weighted by Crippen LogP contribution is 2.42. The molecular formula is C17H17ClN4O. The SMILES string of the molecule is Cc1ccc(-n2ncc(C(=O)N(C)CC#N)c2C2CC2)cc1Cl. The molecule has 0 bridgehead atoms. The van der Waals surface area contributed by atoms with Crippen molar-refractivity contribution in [3.8, 4) is 11.8 Å². The first-order chi connectivity index (χ1) is 11.0. The Hall–Kier alpha value is -2.32. The van der Waals surface area contributed by atoms with Crippen LogP contribution in [0.25, 0.3) is 5.69 Å². The van der Waals surface area contributed by atoms with Crippen molar-refractivity contribution in [1.82, 2.24) is 14.7 Å². The van der Waals surface area contributed by atoms with E-state index in [0.29, 0.717) is 16.5 Å². The van der Waals surface area contributed by atoms with E-state index in [9.17, 15) is 4.79 Å². The largest absolute Gasteiger partial charge is 0.328 e. The molecule has 2 aromatic rings. The second kappa shape index (κ2) is 6.05. The average molecular weight is 329 g/mol. The summed E-state index contributed by atoms with van der Waals surface area (Å²) in [5.74, 6) is 0.171. The van der Waals surface area contributed by atoms with E-state index in [1.165, 1.54) is 4.90 Å². The summed E-state index contributed by atoms with van der Waals surface area (Å²) in [6.45, 7) is 2.01. The number of nitrogens with zero attached hydrogens (tertiary/aromatic N) is 4. The van der Waals surface area contributed by atoms with Gasteiger partial charge in [-0.2, -0.15) is 10.4 Å². The number of nitriles is 1. The molecule has 1 aromatic carbocycles. The Morgan fingerprint density at radius 2 is 2.26 bits per heavy atom. The van der Waals surface area contributed by atoms with E-state index in [0.717, 1.165) is 29.8 Å². The van der Waals surface area contributed by atoms with Gasteiger partial charge in [-0.15, -0.1) is 0 Å². The molecule has 6 heteroatoms. The zero-order chi connectivity index (χ0) is 16.6. The molecule has 23 heavy (non-hydrogen) atoms. The number of carbonyl (C=O) groups is 1. The van der Waals surface area contributed by atoms with Gasteiger partial charge in [0.1, 0.15) is 6.54 Å². The molecule has 0 atom stereocenters. The first-order valence-electron chi connectivity index (χ1n) is 7.49. The van der Waals surface area contributed by atoms with Crippen molar-refractivity contribution in [2.75, 3.05) is 13.6 Å². The third kappa shape index (κ3) is 2.95. The lowest BCUT2D eigenvalue weighted by Gasteiger charge is -2.14. The summed E-state index contributed by atoms with van der Waals surface area (Å²) in [6, 6.07) is 7.75. The molecule has 1 heterocycles. The number of rotatable bonds is 4. The van der Waals surface area contributed by atoms with Crippen LogP contribution in [0.15, 0.2) is 24.4 Å². The molecular weight excluding hydrogens is 312 g/mol. The molecule has 0 radical (unpaired) electrons. The number of aromatic nitrogens is 2. The van der Waals surface area contributed by atoms with Crippen LogP contribution in [0, 0.1) is 18.3 Å². The molecule has 0 unspecified atom stereocenters. The lowest BCUT2D eigenvalue weighted by atomic mass is 10.1. The zero-order valence-electron chi connectivity index (χ0n) is 13.1. The van der Waals surface area contributed by atoms with Crippen LogP contribution in [-0.2, 0) is 0 Å². The molecule has 0 aliphatic heterocycles. The van der Waals surface area contributed by atoms with E-state index >= 15 is 0 Å². The van der Waals surface area contributed by atoms with Crippen molar-refractivity contribution in [3.05, 3.63) is 46.2 Å². The van der Waals surface area contributed by atoms with Crippen LogP contribution < -0.4 is 0 Å². The summed E-state index contributed by atoms with van der Waals surface area (Å²) in [5.41, 5.74) is 3.34. The summed E-state index contributed by atoms with van der Waals surface area (Å²) in [6.07, 6.45) is 3.69. The molecule has 1 saturated carbocycles. The van der Waals surface area contributed by atoms with Gasteiger partial charge in [0, 0.05) is 18.0 Å². The summed E-state index contributed by atoms with van der Waals surface area (Å²) < 4.78 is 1.80. The lowest BCUT2D eigenvalue weighted by Crippen LogP contribution is -2.27. The van der Waals surface area contributed by atoms with E-state index in [-0.39, 0.29) is 12.5 Å². The maximum absolute atomic E-state index is 12.5. The highest BCUT2D eigenvalue weighted by atomic mass is 35.5. The van der Waals surface area contributed by atoms with Crippen molar-refractivity contribution in [2.24, 2.45) is 0 Å². The Kier molecular flexibility index (Phi) is 4.10. The monoisotopic (exact) mass is 328 g/mol. The smallest absolute Gasteiger partial charge is 0.257 e. The van der Waals surface area contributed by atoms with Crippen LogP contribution in [0.2, 0.25) is 5.02 Å². The summed E-state index contributed by atoms with van der Waals surface area (Å²) in [7, 11) is 1.63. The number of halogens is 1. The number of hydrogen-bond acceptors (Lipinski definition) is 3. The molecule has 1 fully saturated rings. The van der Waals surface area contributed by atoms with E-state index in [2.05, 4.69) is 5.10 Å². The minimum Gasteiger partial charge on any atom is -0.328 e. The number of carbonyl (C=O) groups excluding carboxylic acids is 1. The number of amides is 1. The van der Waals surface area contributed by atoms with Gasteiger partial charge in [-0.25, -0.2) is 4.68 Å². The molecule has 0 saturated heterocycles. The third-order valence-corrected chi connectivity index (χ3v) is 4.46. The van der Waals surface area contributed by atoms with Crippen molar-refractivity contribution < 1.29 is 4.79 Å². The molecule has 1 aromatic heterocycles. The van der Waals surface area contributed by atoms with Crippen molar-refractivity contribution >= 4 is 17.5 Å². The maximum atomic E-state index is 12.5. The number of benzene rings is 1. The van der Waals surface area contributed by atoms with Crippen LogP contribution in [0.5, 0.6) is 0 Å². The maximum Gasteiger partial charge on any atom is 0.257 e. The van der Waals surface area contributed by atoms with Gasteiger partial charge < -0.3 is 4.90 Å². The standard InChI is InChI=1S/C17H17ClN4O/c1-11-3-6-13(9-15(11)18)22-16(12-4-5-12)14(10-20-22)17(23)21(2)8-7-19/h3,6,9-10,12H,4-5,8H2,1-2H3. The van der Waals surface area contributed by atoms with Crippen LogP contribution in [0.4, 0.5) is 0 Å². The predicted molar refractivity (Wildman–Crippen MR) is 87.9 cm³/mol. The molecule has 0 N–H and O–H groups in total. The normalized spacial score (nSPS) is 13.7. The van der Waals surface area contributed by atoms with E-state index in [1.807, 2.05) is 31.2 Å². The topological polar surface area (TPSA) is 61.9 Å². The van der Waals surface area contributed by atoms with Crippen molar-refractivity contribution in [1.29, 1.82) is 5.26 Å². The summed E-state index contributed by atoms with van der Waals surface area (Å²) in [4.78, 5) is 14.0. The highest BCUT2D eigenvalue weighted by molar-refractivity contribution is 6.31. The highest BCUT2D eigenvalue weighted by Gasteiger charge is 2.33. The molecule has 3 rings (SSSR count). The third-order valence-electron chi connectivity index (χ3n) is 4.06. The Balaban J connectivity index is 2.04. The van der Waals surface area contributed by atoms with Gasteiger partial charge in [-0.1, -0.05) is 17.7 Å². The Labute approximate surface area is 140 Å². The van der Waals surface area contributed by atoms with E-state index < -0.39 is 0 Å². The van der Waals surface area contributed by atoms with Gasteiger partial charge in [0.15, 0.2) is 0 Å². The molecule has 1 aliphatic rings. The van der Waals surface area contributed by atoms with Crippen LogP contribution >= 0.6 is 11.6 Å². The zero-order valence-corrected chi connectivity index (χ0v) is 13.8. The number of aryl methyl sites for hydroxylation is 1.